The van der Waals surface area contributed by atoms with E-state index in [2.05, 4.69) is 68.4 Å². The lowest BCUT2D eigenvalue weighted by Crippen LogP contribution is -2.25. The van der Waals surface area contributed by atoms with Crippen LogP contribution in [0.15, 0.2) is 49.6 Å². The highest BCUT2D eigenvalue weighted by Gasteiger charge is 2.22. The zero-order valence-electron chi connectivity index (χ0n) is 10.5. The van der Waals surface area contributed by atoms with Crippen molar-refractivity contribution in [3.05, 3.63) is 49.5 Å². The molecule has 5 heteroatoms. The summed E-state index contributed by atoms with van der Waals surface area (Å²) in [6, 6.07) is 10.6. The molecule has 0 aliphatic carbocycles. The Labute approximate surface area is 139 Å². The quantitative estimate of drug-likeness (QED) is 0.614. The fraction of sp³-hybridized carbons (Fsp3) is 0.286. The van der Waals surface area contributed by atoms with Gasteiger partial charge in [-0.05, 0) is 56.5 Å². The van der Waals surface area contributed by atoms with E-state index in [-0.39, 0.29) is 6.04 Å². The van der Waals surface area contributed by atoms with Gasteiger partial charge in [0.1, 0.15) is 0 Å². The summed E-state index contributed by atoms with van der Waals surface area (Å²) >= 11 is 10.7. The van der Waals surface area contributed by atoms with Gasteiger partial charge in [-0.15, -0.1) is 23.1 Å². The molecular weight excluding hydrogens is 406 g/mol. The predicted octanol–water partition coefficient (Wildman–Crippen LogP) is 5.84. The molecular formula is C14H15Br2NS2. The molecule has 0 saturated carbocycles. The molecule has 1 heterocycles. The molecule has 0 amide bonds. The third-order valence-electron chi connectivity index (χ3n) is 2.82. The van der Waals surface area contributed by atoms with E-state index in [0.29, 0.717) is 5.25 Å². The van der Waals surface area contributed by atoms with E-state index in [9.17, 15) is 0 Å². The maximum Gasteiger partial charge on any atom is 0.0589 e. The number of benzene rings is 1. The van der Waals surface area contributed by atoms with E-state index in [1.165, 1.54) is 9.77 Å². The first-order valence-corrected chi connectivity index (χ1v) is 9.37. The fourth-order valence-electron chi connectivity index (χ4n) is 1.73. The van der Waals surface area contributed by atoms with E-state index in [1.54, 1.807) is 11.3 Å². The molecule has 0 radical (unpaired) electrons. The van der Waals surface area contributed by atoms with Crippen molar-refractivity contribution in [2.45, 2.75) is 29.5 Å². The lowest BCUT2D eigenvalue weighted by molar-refractivity contribution is 0.640. The van der Waals surface area contributed by atoms with Crippen LogP contribution in [0.2, 0.25) is 0 Å². The van der Waals surface area contributed by atoms with Crippen LogP contribution in [-0.2, 0) is 0 Å². The first-order chi connectivity index (χ1) is 9.11. The van der Waals surface area contributed by atoms with Crippen LogP contribution >= 0.6 is 55.0 Å². The third-order valence-corrected chi connectivity index (χ3v) is 7.17. The average molecular weight is 421 g/mol. The van der Waals surface area contributed by atoms with Crippen molar-refractivity contribution in [2.75, 3.05) is 0 Å². The summed E-state index contributed by atoms with van der Waals surface area (Å²) in [6.45, 7) is 2.14. The molecule has 2 N–H and O–H groups in total. The number of hydrogen-bond donors (Lipinski definition) is 1. The summed E-state index contributed by atoms with van der Waals surface area (Å²) in [5.41, 5.74) is 6.31. The molecule has 2 unspecified atom stereocenters. The molecule has 102 valence electrons. The monoisotopic (exact) mass is 419 g/mol. The summed E-state index contributed by atoms with van der Waals surface area (Å²) in [5.74, 6) is 0. The highest BCUT2D eigenvalue weighted by atomic mass is 79.9. The summed E-state index contributed by atoms with van der Waals surface area (Å²) in [4.78, 5) is 2.56. The molecule has 2 rings (SSSR count). The van der Waals surface area contributed by atoms with Gasteiger partial charge in [-0.1, -0.05) is 19.1 Å². The Morgan fingerprint density at radius 1 is 1.32 bits per heavy atom. The Morgan fingerprint density at radius 3 is 2.63 bits per heavy atom. The zero-order chi connectivity index (χ0) is 13.8. The molecule has 19 heavy (non-hydrogen) atoms. The van der Waals surface area contributed by atoms with Gasteiger partial charge in [0.05, 0.1) is 5.25 Å². The number of hydrogen-bond acceptors (Lipinski definition) is 3. The Hall–Kier alpha value is 0.190. The summed E-state index contributed by atoms with van der Waals surface area (Å²) in [6.07, 6.45) is 0.970. The number of nitrogens with two attached hydrogens (primary N) is 1. The van der Waals surface area contributed by atoms with Gasteiger partial charge < -0.3 is 5.73 Å². The molecule has 0 spiro atoms. The van der Waals surface area contributed by atoms with E-state index in [4.69, 9.17) is 5.73 Å². The summed E-state index contributed by atoms with van der Waals surface area (Å²) in [5, 5.41) is 2.41. The third kappa shape index (κ3) is 4.08. The van der Waals surface area contributed by atoms with Crippen molar-refractivity contribution in [3.63, 3.8) is 0 Å². The van der Waals surface area contributed by atoms with Gasteiger partial charge in [-0.2, -0.15) is 0 Å². The average Bonchev–Trinajstić information content (AvgIpc) is 2.83. The highest BCUT2D eigenvalue weighted by molar-refractivity contribution is 9.10. The van der Waals surface area contributed by atoms with Crippen LogP contribution in [0.1, 0.15) is 23.5 Å². The standard InChI is InChI=1S/C14H15Br2NS2/c1-2-11(17)14(13-7-9(15)8-18-13)19-12-6-4-3-5-10(12)16/h3-8,11,14H,2,17H2,1H3. The van der Waals surface area contributed by atoms with Crippen LogP contribution in [0.25, 0.3) is 0 Å². The minimum atomic E-state index is 0.155. The first kappa shape index (κ1) is 15.6. The van der Waals surface area contributed by atoms with E-state index < -0.39 is 0 Å². The molecule has 0 aliphatic rings. The lowest BCUT2D eigenvalue weighted by atomic mass is 10.1. The molecule has 2 atom stereocenters. The number of thioether (sulfide) groups is 1. The van der Waals surface area contributed by atoms with Gasteiger partial charge >= 0.3 is 0 Å². The Kier molecular flexibility index (Phi) is 5.96. The zero-order valence-corrected chi connectivity index (χ0v) is 15.3. The summed E-state index contributed by atoms with van der Waals surface area (Å²) in [7, 11) is 0. The van der Waals surface area contributed by atoms with Gasteiger partial charge in [0.15, 0.2) is 0 Å². The van der Waals surface area contributed by atoms with Gasteiger partial charge in [0, 0.05) is 30.1 Å². The van der Waals surface area contributed by atoms with Gasteiger partial charge in [-0.25, -0.2) is 0 Å². The molecule has 0 saturated heterocycles. The Bertz CT molecular complexity index is 542. The number of rotatable bonds is 5. The minimum absolute atomic E-state index is 0.155. The largest absolute Gasteiger partial charge is 0.326 e. The van der Waals surface area contributed by atoms with Crippen molar-refractivity contribution in [3.8, 4) is 0 Å². The van der Waals surface area contributed by atoms with Crippen molar-refractivity contribution in [1.29, 1.82) is 0 Å². The molecule has 0 fully saturated rings. The molecule has 1 aromatic carbocycles. The van der Waals surface area contributed by atoms with Crippen molar-refractivity contribution in [1.82, 2.24) is 0 Å². The smallest absolute Gasteiger partial charge is 0.0589 e. The SMILES string of the molecule is CCC(N)C(Sc1ccccc1Br)c1cc(Br)cs1. The topological polar surface area (TPSA) is 26.0 Å². The first-order valence-electron chi connectivity index (χ1n) is 6.02. The van der Waals surface area contributed by atoms with E-state index in [0.717, 1.165) is 15.4 Å². The van der Waals surface area contributed by atoms with E-state index in [1.807, 2.05) is 17.8 Å². The Balaban J connectivity index is 2.27. The van der Waals surface area contributed by atoms with Crippen LogP contribution in [0.3, 0.4) is 0 Å². The molecule has 2 aromatic rings. The normalized spacial score (nSPS) is 14.3. The lowest BCUT2D eigenvalue weighted by Gasteiger charge is -2.21. The second kappa shape index (κ2) is 7.27. The fourth-order valence-corrected chi connectivity index (χ4v) is 5.26. The second-order valence-corrected chi connectivity index (χ2v) is 8.10. The van der Waals surface area contributed by atoms with Gasteiger partial charge in [0.25, 0.3) is 0 Å². The van der Waals surface area contributed by atoms with Crippen LogP contribution in [-0.4, -0.2) is 6.04 Å². The minimum Gasteiger partial charge on any atom is -0.326 e. The highest BCUT2D eigenvalue weighted by Crippen LogP contribution is 2.43. The van der Waals surface area contributed by atoms with Gasteiger partial charge in [-0.3, -0.25) is 0 Å². The molecule has 0 bridgehead atoms. The maximum absolute atomic E-state index is 6.31. The van der Waals surface area contributed by atoms with Crippen LogP contribution in [0, 0.1) is 0 Å². The van der Waals surface area contributed by atoms with Crippen LogP contribution < -0.4 is 5.73 Å². The second-order valence-electron chi connectivity index (χ2n) is 4.21. The molecule has 1 nitrogen and oxygen atoms in total. The van der Waals surface area contributed by atoms with Crippen LogP contribution in [0.4, 0.5) is 0 Å². The molecule has 1 aromatic heterocycles. The maximum atomic E-state index is 6.31. The molecule has 0 aliphatic heterocycles. The van der Waals surface area contributed by atoms with E-state index >= 15 is 0 Å². The Morgan fingerprint density at radius 2 is 2.05 bits per heavy atom. The number of halogens is 2. The summed E-state index contributed by atoms with van der Waals surface area (Å²) < 4.78 is 2.26. The van der Waals surface area contributed by atoms with Crippen LogP contribution in [0.5, 0.6) is 0 Å². The predicted molar refractivity (Wildman–Crippen MR) is 93.0 cm³/mol. The van der Waals surface area contributed by atoms with Crippen molar-refractivity contribution >= 4 is 55.0 Å². The number of thiophene rings is 1. The van der Waals surface area contributed by atoms with Gasteiger partial charge in [0.2, 0.25) is 0 Å². The van der Waals surface area contributed by atoms with Crippen molar-refractivity contribution in [2.24, 2.45) is 5.73 Å². The van der Waals surface area contributed by atoms with Crippen molar-refractivity contribution < 1.29 is 0 Å².